The molecule has 0 spiro atoms. The van der Waals surface area contributed by atoms with E-state index in [0.29, 0.717) is 0 Å². The van der Waals surface area contributed by atoms with Crippen LogP contribution in [0.2, 0.25) is 0 Å². The van der Waals surface area contributed by atoms with Crippen LogP contribution in [0.25, 0.3) is 0 Å². The zero-order valence-corrected chi connectivity index (χ0v) is 16.7. The van der Waals surface area contributed by atoms with Crippen molar-refractivity contribution in [3.8, 4) is 0 Å². The molecule has 5 nitrogen and oxygen atoms in total. The second-order valence-corrected chi connectivity index (χ2v) is 6.79. The van der Waals surface area contributed by atoms with Crippen molar-refractivity contribution in [1.29, 1.82) is 0 Å². The summed E-state index contributed by atoms with van der Waals surface area (Å²) in [7, 11) is 1.46. The van der Waals surface area contributed by atoms with Gasteiger partial charge in [-0.2, -0.15) is 43.9 Å². The first kappa shape index (κ1) is 29.3. The molecule has 0 aromatic carbocycles. The van der Waals surface area contributed by atoms with E-state index in [-0.39, 0.29) is 4.90 Å². The van der Waals surface area contributed by atoms with Crippen LogP contribution in [0.1, 0.15) is 19.3 Å². The van der Waals surface area contributed by atoms with E-state index in [9.17, 15) is 53.5 Å². The van der Waals surface area contributed by atoms with Crippen LogP contribution in [0.15, 0.2) is 12.2 Å². The molecule has 0 aromatic rings. The average molecular weight is 497 g/mol. The van der Waals surface area contributed by atoms with Crippen molar-refractivity contribution in [2.45, 2.75) is 48.6 Å². The zero-order valence-electron chi connectivity index (χ0n) is 15.8. The quantitative estimate of drug-likeness (QED) is 0.122. The molecule has 1 unspecified atom stereocenters. The molecule has 0 heterocycles. The molecule has 0 N–H and O–H groups in total. The molecule has 0 bridgehead atoms. The van der Waals surface area contributed by atoms with Crippen molar-refractivity contribution in [3.63, 3.8) is 0 Å². The van der Waals surface area contributed by atoms with E-state index < -0.39 is 72.6 Å². The summed E-state index contributed by atoms with van der Waals surface area (Å²) >= 11 is 2.40. The second-order valence-electron chi connectivity index (χ2n) is 6.23. The van der Waals surface area contributed by atoms with Crippen molar-refractivity contribution in [2.75, 3.05) is 20.7 Å². The van der Waals surface area contributed by atoms with Gasteiger partial charge >= 0.3 is 41.2 Å². The lowest BCUT2D eigenvalue weighted by molar-refractivity contribution is -0.350. The number of carbonyl (C=O) groups excluding carboxylic acids is 2. The van der Waals surface area contributed by atoms with Crippen LogP contribution in [0.4, 0.5) is 43.9 Å². The van der Waals surface area contributed by atoms with E-state index in [1.165, 1.54) is 0 Å². The van der Waals surface area contributed by atoms with Crippen molar-refractivity contribution < 1.29 is 63.0 Å². The van der Waals surface area contributed by atoms with Gasteiger partial charge in [0.05, 0.1) is 6.61 Å². The highest BCUT2D eigenvalue weighted by atomic mass is 32.1. The number of halogens is 10. The second kappa shape index (κ2) is 9.83. The van der Waals surface area contributed by atoms with Crippen LogP contribution in [-0.2, 0) is 19.1 Å². The Labute approximate surface area is 174 Å². The van der Waals surface area contributed by atoms with Crippen LogP contribution in [-0.4, -0.2) is 66.8 Å². The van der Waals surface area contributed by atoms with Crippen molar-refractivity contribution in [2.24, 2.45) is 0 Å². The van der Waals surface area contributed by atoms with Gasteiger partial charge in [-0.15, -0.1) is 0 Å². The van der Waals surface area contributed by atoms with Gasteiger partial charge in [0.1, 0.15) is 5.57 Å². The number of likely N-dealkylation sites (N-methyl/N-ethyl adjacent to an activating group) is 1. The zero-order chi connectivity index (χ0) is 25.1. The molecule has 0 aromatic heterocycles. The number of nitrogens with zero attached hydrogens (tertiary/aromatic N) is 1. The highest BCUT2D eigenvalue weighted by molar-refractivity contribution is 7.81. The fraction of sp³-hybridized carbons (Fsp3) is 0.733. The van der Waals surface area contributed by atoms with E-state index in [0.717, 1.165) is 14.1 Å². The maximum Gasteiger partial charge on any atom is 0.466 e. The van der Waals surface area contributed by atoms with Crippen LogP contribution >= 0.6 is 12.6 Å². The number of hydrogen-bond donors (Lipinski definition) is 1. The Bertz CT molecular complexity index is 672. The highest BCUT2D eigenvalue weighted by Gasteiger charge is 2.67. The summed E-state index contributed by atoms with van der Waals surface area (Å²) in [5.74, 6) is -14.0. The van der Waals surface area contributed by atoms with E-state index in [1.54, 1.807) is 0 Å². The van der Waals surface area contributed by atoms with Gasteiger partial charge < -0.3 is 14.4 Å². The molecule has 16 heteroatoms. The molecule has 0 radical (unpaired) electrons. The van der Waals surface area contributed by atoms with Crippen LogP contribution < -0.4 is 0 Å². The minimum Gasteiger partial charge on any atom is -0.412 e. The predicted molar refractivity (Wildman–Crippen MR) is 87.5 cm³/mol. The topological polar surface area (TPSA) is 55.8 Å². The summed E-state index contributed by atoms with van der Waals surface area (Å²) in [5.41, 5.74) is -2.38. The molecule has 0 aliphatic rings. The number of alkyl halides is 10. The van der Waals surface area contributed by atoms with Gasteiger partial charge in [-0.25, -0.2) is 4.79 Å². The molecular weight excluding hydrogens is 480 g/mol. The van der Waals surface area contributed by atoms with Crippen LogP contribution in [0.3, 0.4) is 0 Å². The molecule has 0 aliphatic carbocycles. The first-order valence-electron chi connectivity index (χ1n) is 8.00. The number of ether oxygens (including phenoxy) is 2. The van der Waals surface area contributed by atoms with Crippen molar-refractivity contribution in [1.82, 2.24) is 4.90 Å². The third-order valence-corrected chi connectivity index (χ3v) is 3.84. The fourth-order valence-electron chi connectivity index (χ4n) is 1.81. The summed E-state index contributed by atoms with van der Waals surface area (Å²) in [6, 6.07) is 0. The summed E-state index contributed by atoms with van der Waals surface area (Å²) < 4.78 is 138. The average Bonchev–Trinajstić information content (AvgIpc) is 2.55. The van der Waals surface area contributed by atoms with E-state index in [1.807, 2.05) is 0 Å². The molecule has 182 valence electrons. The number of amides is 1. The Hall–Kier alpha value is -1.71. The lowest BCUT2D eigenvalue weighted by Gasteiger charge is -2.35. The molecule has 1 atom stereocenters. The maximum atomic E-state index is 13.6. The maximum absolute atomic E-state index is 13.6. The number of rotatable bonds is 10. The van der Waals surface area contributed by atoms with Gasteiger partial charge in [-0.1, -0.05) is 19.2 Å². The summed E-state index contributed by atoms with van der Waals surface area (Å²) in [5, 5.41) is -4.72. The van der Waals surface area contributed by atoms with Gasteiger partial charge in [-0.3, -0.25) is 4.79 Å². The lowest BCUT2D eigenvalue weighted by atomic mass is 10.1. The van der Waals surface area contributed by atoms with E-state index >= 15 is 0 Å². The normalized spacial score (nSPS) is 15.3. The Balaban J connectivity index is 5.63. The molecule has 0 aliphatic heterocycles. The Morgan fingerprint density at radius 3 is 1.77 bits per heavy atom. The Kier molecular flexibility index (Phi) is 9.29. The van der Waals surface area contributed by atoms with Gasteiger partial charge in [-0.05, 0) is 12.8 Å². The van der Waals surface area contributed by atoms with Crippen molar-refractivity contribution in [3.05, 3.63) is 12.2 Å². The first-order chi connectivity index (χ1) is 13.6. The van der Waals surface area contributed by atoms with Gasteiger partial charge in [0.2, 0.25) is 0 Å². The number of thiol groups is 1. The third-order valence-electron chi connectivity index (χ3n) is 3.52. The predicted octanol–water partition coefficient (Wildman–Crippen LogP) is 4.34. The molecular formula is C15H17F10NO4S. The van der Waals surface area contributed by atoms with Crippen molar-refractivity contribution >= 4 is 24.5 Å². The SMILES string of the molecule is C=C(C(=O)OC(OCCCCC(F)(F)C(F)(F)S)(C(=O)N(C)C)C(F)(F)F)C(F)(F)F. The first-order valence-corrected chi connectivity index (χ1v) is 8.45. The molecule has 0 saturated heterocycles. The minimum absolute atomic E-state index is 0.187. The van der Waals surface area contributed by atoms with E-state index in [4.69, 9.17) is 0 Å². The molecule has 0 saturated carbocycles. The largest absolute Gasteiger partial charge is 0.466 e. The highest BCUT2D eigenvalue weighted by Crippen LogP contribution is 2.41. The number of carbonyl (C=O) groups is 2. The minimum atomic E-state index is -5.92. The van der Waals surface area contributed by atoms with Gasteiger partial charge in [0, 0.05) is 20.5 Å². The summed E-state index contributed by atoms with van der Waals surface area (Å²) in [6.45, 7) is 0.968. The molecule has 0 rings (SSSR count). The van der Waals surface area contributed by atoms with Crippen LogP contribution in [0.5, 0.6) is 0 Å². The summed E-state index contributed by atoms with van der Waals surface area (Å²) in [4.78, 5) is 23.8. The smallest absolute Gasteiger partial charge is 0.412 e. The van der Waals surface area contributed by atoms with Crippen LogP contribution in [0, 0.1) is 0 Å². The lowest BCUT2D eigenvalue weighted by Crippen LogP contribution is -2.61. The number of hydrogen-bond acceptors (Lipinski definition) is 5. The molecule has 0 fully saturated rings. The van der Waals surface area contributed by atoms with E-state index in [2.05, 4.69) is 28.7 Å². The third kappa shape index (κ3) is 7.43. The number of unbranched alkanes of at least 4 members (excludes halogenated alkanes) is 1. The van der Waals surface area contributed by atoms with Gasteiger partial charge in [0.15, 0.2) is 0 Å². The fourth-order valence-corrected chi connectivity index (χ4v) is 1.93. The number of esters is 1. The molecule has 31 heavy (non-hydrogen) atoms. The molecule has 1 amide bonds. The summed E-state index contributed by atoms with van der Waals surface area (Å²) in [6.07, 6.45) is -14.6. The Morgan fingerprint density at radius 2 is 1.42 bits per heavy atom. The standard InChI is InChI=1S/C15H17F10NO4S/c1-8(13(18,19)20)9(27)30-12(14(21,22)23,10(28)26(2)3)29-7-5-4-6-11(16,17)15(24,25)31/h31H,1,4-7H2,2-3H3. The van der Waals surface area contributed by atoms with Gasteiger partial charge in [0.25, 0.3) is 0 Å². The Morgan fingerprint density at radius 1 is 0.935 bits per heavy atom. The monoisotopic (exact) mass is 497 g/mol.